The van der Waals surface area contributed by atoms with Gasteiger partial charge in [0.25, 0.3) is 0 Å². The van der Waals surface area contributed by atoms with Crippen molar-refractivity contribution in [2.75, 3.05) is 31.5 Å². The minimum Gasteiger partial charge on any atom is -0.325 e. The summed E-state index contributed by atoms with van der Waals surface area (Å²) in [6, 6.07) is 11.6. The van der Waals surface area contributed by atoms with E-state index in [0.29, 0.717) is 13.1 Å². The van der Waals surface area contributed by atoms with Crippen LogP contribution in [0.3, 0.4) is 0 Å². The number of hydrogen-bond acceptors (Lipinski definition) is 4. The van der Waals surface area contributed by atoms with E-state index in [-0.39, 0.29) is 16.2 Å². The highest BCUT2D eigenvalue weighted by Crippen LogP contribution is 2.46. The van der Waals surface area contributed by atoms with E-state index < -0.39 is 21.4 Å². The van der Waals surface area contributed by atoms with E-state index in [4.69, 9.17) is 0 Å². The van der Waals surface area contributed by atoms with Crippen molar-refractivity contribution < 1.29 is 17.6 Å². The van der Waals surface area contributed by atoms with Gasteiger partial charge in [0.05, 0.1) is 11.4 Å². The molecule has 37 heavy (non-hydrogen) atoms. The SMILES string of the molecule is CC1(C)CCC2(CCN(CC(=O)Nc3ccc4c(c3)CCCC4)CC2)CN1S(=O)(=O)c1cccc(F)c1. The van der Waals surface area contributed by atoms with Gasteiger partial charge < -0.3 is 5.32 Å². The third-order valence-corrected chi connectivity index (χ3v) is 10.8. The van der Waals surface area contributed by atoms with Crippen LogP contribution in [-0.2, 0) is 27.7 Å². The minimum absolute atomic E-state index is 0.00760. The van der Waals surface area contributed by atoms with Crippen molar-refractivity contribution in [3.63, 3.8) is 0 Å². The van der Waals surface area contributed by atoms with E-state index >= 15 is 0 Å². The first-order valence-corrected chi connectivity index (χ1v) is 14.9. The first kappa shape index (κ1) is 26.3. The quantitative estimate of drug-likeness (QED) is 0.595. The normalized spacial score (nSPS) is 21.9. The van der Waals surface area contributed by atoms with Gasteiger partial charge >= 0.3 is 0 Å². The summed E-state index contributed by atoms with van der Waals surface area (Å²) in [6.07, 6.45) is 8.02. The van der Waals surface area contributed by atoms with Crippen molar-refractivity contribution in [3.8, 4) is 0 Å². The first-order valence-electron chi connectivity index (χ1n) is 13.5. The predicted octanol–water partition coefficient (Wildman–Crippen LogP) is 4.99. The van der Waals surface area contributed by atoms with Crippen molar-refractivity contribution in [1.82, 2.24) is 9.21 Å². The smallest absolute Gasteiger partial charge is 0.243 e. The number of aryl methyl sites for hydroxylation is 2. The molecule has 2 fully saturated rings. The fourth-order valence-electron chi connectivity index (χ4n) is 6.27. The highest BCUT2D eigenvalue weighted by molar-refractivity contribution is 7.89. The molecule has 200 valence electrons. The molecule has 1 aliphatic carbocycles. The van der Waals surface area contributed by atoms with Gasteiger partial charge in [-0.1, -0.05) is 12.1 Å². The molecule has 2 saturated heterocycles. The number of hydrogen-bond donors (Lipinski definition) is 1. The van der Waals surface area contributed by atoms with Crippen molar-refractivity contribution in [3.05, 3.63) is 59.4 Å². The lowest BCUT2D eigenvalue weighted by molar-refractivity contribution is -0.118. The van der Waals surface area contributed by atoms with Gasteiger partial charge in [-0.05, 0) is 125 Å². The lowest BCUT2D eigenvalue weighted by Crippen LogP contribution is -2.59. The zero-order valence-electron chi connectivity index (χ0n) is 21.9. The molecule has 3 aliphatic rings. The van der Waals surface area contributed by atoms with E-state index in [2.05, 4.69) is 22.3 Å². The molecular formula is C29H38FN3O3S. The van der Waals surface area contributed by atoms with E-state index in [1.54, 1.807) is 4.31 Å². The Kier molecular flexibility index (Phi) is 7.20. The fraction of sp³-hybridized carbons (Fsp3) is 0.552. The summed E-state index contributed by atoms with van der Waals surface area (Å²) >= 11 is 0. The topological polar surface area (TPSA) is 69.7 Å². The van der Waals surface area contributed by atoms with Crippen LogP contribution in [0.25, 0.3) is 0 Å². The number of carbonyl (C=O) groups is 1. The van der Waals surface area contributed by atoms with Gasteiger partial charge in [-0.3, -0.25) is 9.69 Å². The van der Waals surface area contributed by atoms with Crippen LogP contribution < -0.4 is 5.32 Å². The molecule has 2 aliphatic heterocycles. The Morgan fingerprint density at radius 1 is 0.973 bits per heavy atom. The molecule has 2 aromatic carbocycles. The number of carbonyl (C=O) groups excluding carboxylic acids is 1. The molecule has 0 unspecified atom stereocenters. The summed E-state index contributed by atoms with van der Waals surface area (Å²) in [5, 5.41) is 3.07. The molecule has 0 bridgehead atoms. The van der Waals surface area contributed by atoms with Crippen LogP contribution in [0.2, 0.25) is 0 Å². The molecule has 8 heteroatoms. The van der Waals surface area contributed by atoms with Gasteiger partial charge in [0, 0.05) is 17.8 Å². The molecule has 6 nitrogen and oxygen atoms in total. The van der Waals surface area contributed by atoms with E-state index in [0.717, 1.165) is 63.4 Å². The Bertz CT molecular complexity index is 1270. The number of amides is 1. The molecule has 1 N–H and O–H groups in total. The van der Waals surface area contributed by atoms with Gasteiger partial charge in [-0.15, -0.1) is 0 Å². The number of anilines is 1. The number of rotatable bonds is 5. The standard InChI is InChI=1S/C29H38FN3O3S/c1-28(2)12-13-29(21-33(28)37(35,36)26-9-5-8-24(30)19-26)14-16-32(17-15-29)20-27(34)31-25-11-10-22-6-3-4-7-23(22)18-25/h5,8-11,18-19H,3-4,6-7,12-17,20-21H2,1-2H3,(H,31,34). The molecule has 0 atom stereocenters. The van der Waals surface area contributed by atoms with Crippen LogP contribution in [-0.4, -0.2) is 55.2 Å². The third-order valence-electron chi connectivity index (χ3n) is 8.72. The maximum absolute atomic E-state index is 13.8. The molecule has 0 saturated carbocycles. The molecule has 5 rings (SSSR count). The van der Waals surface area contributed by atoms with Crippen LogP contribution in [0.4, 0.5) is 10.1 Å². The van der Waals surface area contributed by atoms with Crippen LogP contribution in [0.5, 0.6) is 0 Å². The van der Waals surface area contributed by atoms with Crippen LogP contribution in [0.15, 0.2) is 47.4 Å². The van der Waals surface area contributed by atoms with Gasteiger partial charge in [-0.25, -0.2) is 12.8 Å². The second kappa shape index (κ2) is 10.1. The summed E-state index contributed by atoms with van der Waals surface area (Å²) in [6.45, 7) is 6.18. The number of piperidine rings is 2. The van der Waals surface area contributed by atoms with Crippen LogP contribution in [0.1, 0.15) is 63.5 Å². The first-order chi connectivity index (χ1) is 17.6. The monoisotopic (exact) mass is 527 g/mol. The molecule has 1 spiro atoms. The number of nitrogens with zero attached hydrogens (tertiary/aromatic N) is 2. The Hall–Kier alpha value is -2.29. The second-order valence-corrected chi connectivity index (χ2v) is 13.7. The predicted molar refractivity (Wildman–Crippen MR) is 143 cm³/mol. The molecule has 0 aromatic heterocycles. The molecule has 2 aromatic rings. The molecular weight excluding hydrogens is 489 g/mol. The van der Waals surface area contributed by atoms with E-state index in [1.165, 1.54) is 42.2 Å². The Morgan fingerprint density at radius 3 is 2.43 bits per heavy atom. The number of nitrogens with one attached hydrogen (secondary N) is 1. The van der Waals surface area contributed by atoms with Crippen LogP contribution in [0, 0.1) is 11.2 Å². The van der Waals surface area contributed by atoms with Gasteiger partial charge in [0.1, 0.15) is 5.82 Å². The average molecular weight is 528 g/mol. The maximum atomic E-state index is 13.8. The maximum Gasteiger partial charge on any atom is 0.243 e. The number of halogens is 1. The highest BCUT2D eigenvalue weighted by atomic mass is 32.2. The molecule has 0 radical (unpaired) electrons. The number of benzene rings is 2. The highest BCUT2D eigenvalue weighted by Gasteiger charge is 2.49. The second-order valence-electron chi connectivity index (χ2n) is 11.8. The van der Waals surface area contributed by atoms with Gasteiger partial charge in [0.15, 0.2) is 0 Å². The summed E-state index contributed by atoms with van der Waals surface area (Å²) in [4.78, 5) is 15.0. The van der Waals surface area contributed by atoms with Crippen LogP contribution >= 0.6 is 0 Å². The summed E-state index contributed by atoms with van der Waals surface area (Å²) < 4.78 is 42.5. The Labute approximate surface area is 220 Å². The van der Waals surface area contributed by atoms with Gasteiger partial charge in [-0.2, -0.15) is 4.31 Å². The Balaban J connectivity index is 1.21. The fourth-order valence-corrected chi connectivity index (χ4v) is 8.22. The number of likely N-dealkylation sites (tertiary alicyclic amines) is 1. The van der Waals surface area contributed by atoms with Crippen molar-refractivity contribution in [2.24, 2.45) is 5.41 Å². The zero-order chi connectivity index (χ0) is 26.3. The van der Waals surface area contributed by atoms with Gasteiger partial charge in [0.2, 0.25) is 15.9 Å². The van der Waals surface area contributed by atoms with E-state index in [1.807, 2.05) is 19.9 Å². The van der Waals surface area contributed by atoms with E-state index in [9.17, 15) is 17.6 Å². The van der Waals surface area contributed by atoms with Crippen molar-refractivity contribution >= 4 is 21.6 Å². The number of sulfonamides is 1. The largest absolute Gasteiger partial charge is 0.325 e. The lowest BCUT2D eigenvalue weighted by Gasteiger charge is -2.53. The number of fused-ring (bicyclic) bond motifs is 1. The Morgan fingerprint density at radius 2 is 1.70 bits per heavy atom. The molecule has 2 heterocycles. The minimum atomic E-state index is -3.83. The third kappa shape index (κ3) is 5.61. The summed E-state index contributed by atoms with van der Waals surface area (Å²) in [5.74, 6) is -0.556. The molecule has 1 amide bonds. The van der Waals surface area contributed by atoms with Crippen molar-refractivity contribution in [2.45, 2.75) is 75.6 Å². The summed E-state index contributed by atoms with van der Waals surface area (Å²) in [7, 11) is -3.83. The average Bonchev–Trinajstić information content (AvgIpc) is 2.87. The van der Waals surface area contributed by atoms with Crippen molar-refractivity contribution in [1.29, 1.82) is 0 Å². The summed E-state index contributed by atoms with van der Waals surface area (Å²) in [5.41, 5.74) is 2.95. The zero-order valence-corrected chi connectivity index (χ0v) is 22.7. The lowest BCUT2D eigenvalue weighted by atomic mass is 9.69.